The van der Waals surface area contributed by atoms with Gasteiger partial charge in [-0.15, -0.1) is 0 Å². The molecule has 1 N–H and O–H groups in total. The minimum absolute atomic E-state index is 0.0512. The van der Waals surface area contributed by atoms with E-state index >= 15 is 0 Å². The van der Waals surface area contributed by atoms with Gasteiger partial charge in [-0.3, -0.25) is 0 Å². The number of benzene rings is 2. The van der Waals surface area contributed by atoms with Gasteiger partial charge >= 0.3 is 0 Å². The summed E-state index contributed by atoms with van der Waals surface area (Å²) in [5, 5.41) is 9.96. The van der Waals surface area contributed by atoms with Gasteiger partial charge in [-0.25, -0.2) is 0 Å². The van der Waals surface area contributed by atoms with E-state index in [0.717, 1.165) is 0 Å². The van der Waals surface area contributed by atoms with Gasteiger partial charge < -0.3 is 5.11 Å². The fourth-order valence-corrected chi connectivity index (χ4v) is 4.89. The highest BCUT2D eigenvalue weighted by atomic mass is 16.3. The smallest absolute Gasteiger partial charge is 0.0537 e. The van der Waals surface area contributed by atoms with Crippen LogP contribution in [0.4, 0.5) is 0 Å². The Hall–Kier alpha value is -1.60. The normalized spacial score (nSPS) is 37.1. The summed E-state index contributed by atoms with van der Waals surface area (Å²) < 4.78 is 0. The first-order valence-corrected chi connectivity index (χ1v) is 6.68. The lowest BCUT2D eigenvalue weighted by molar-refractivity contribution is 0.245. The fraction of sp³-hybridized carbons (Fsp3) is 0.294. The summed E-state index contributed by atoms with van der Waals surface area (Å²) in [6, 6.07) is 17.5. The van der Waals surface area contributed by atoms with Crippen LogP contribution in [-0.4, -0.2) is 11.7 Å². The Morgan fingerprint density at radius 3 is 2.33 bits per heavy atom. The SMILES string of the molecule is OCC12c3ccccc3C3c4ccccc4C1C32. The van der Waals surface area contributed by atoms with E-state index in [9.17, 15) is 5.11 Å². The molecule has 2 aromatic rings. The van der Waals surface area contributed by atoms with Gasteiger partial charge in [0.05, 0.1) is 6.61 Å². The minimum Gasteiger partial charge on any atom is -0.395 e. The third kappa shape index (κ3) is 0.733. The number of aliphatic hydroxyl groups is 1. The zero-order chi connectivity index (χ0) is 11.9. The highest BCUT2D eigenvalue weighted by Gasteiger charge is 2.76. The van der Waals surface area contributed by atoms with Crippen LogP contribution in [0, 0.1) is 5.92 Å². The molecule has 18 heavy (non-hydrogen) atoms. The van der Waals surface area contributed by atoms with Crippen LogP contribution in [-0.2, 0) is 5.41 Å². The van der Waals surface area contributed by atoms with Gasteiger partial charge in [-0.1, -0.05) is 48.5 Å². The monoisotopic (exact) mass is 234 g/mol. The van der Waals surface area contributed by atoms with Gasteiger partial charge in [0.15, 0.2) is 0 Å². The number of aliphatic hydroxyl groups excluding tert-OH is 1. The molecule has 3 aliphatic rings. The molecule has 0 amide bonds. The summed E-state index contributed by atoms with van der Waals surface area (Å²) in [6.45, 7) is 0.296. The maximum absolute atomic E-state index is 9.96. The molecule has 2 aromatic carbocycles. The summed E-state index contributed by atoms with van der Waals surface area (Å²) in [5.74, 6) is 1.73. The highest BCUT2D eigenvalue weighted by molar-refractivity contribution is 5.67. The van der Waals surface area contributed by atoms with Crippen LogP contribution in [0.3, 0.4) is 0 Å². The second-order valence-corrected chi connectivity index (χ2v) is 5.90. The molecule has 1 nitrogen and oxygen atoms in total. The lowest BCUT2D eigenvalue weighted by Crippen LogP contribution is -2.16. The summed E-state index contributed by atoms with van der Waals surface area (Å²) in [4.78, 5) is 0. The number of rotatable bonds is 1. The third-order valence-electron chi connectivity index (χ3n) is 5.48. The molecule has 1 fully saturated rings. The van der Waals surface area contributed by atoms with Gasteiger partial charge in [-0.2, -0.15) is 0 Å². The molecule has 5 rings (SSSR count). The molecule has 0 radical (unpaired) electrons. The Morgan fingerprint density at radius 2 is 1.56 bits per heavy atom. The van der Waals surface area contributed by atoms with Crippen LogP contribution in [0.25, 0.3) is 0 Å². The molecule has 88 valence electrons. The predicted molar refractivity (Wildman–Crippen MR) is 69.7 cm³/mol. The first-order valence-electron chi connectivity index (χ1n) is 6.68. The average Bonchev–Trinajstić information content (AvgIpc) is 2.87. The van der Waals surface area contributed by atoms with Gasteiger partial charge in [-0.05, 0) is 28.2 Å². The van der Waals surface area contributed by atoms with Crippen molar-refractivity contribution >= 4 is 0 Å². The molecule has 0 spiro atoms. The molecule has 0 heterocycles. The van der Waals surface area contributed by atoms with Gasteiger partial charge in [0.2, 0.25) is 0 Å². The maximum atomic E-state index is 9.96. The zero-order valence-corrected chi connectivity index (χ0v) is 10.0. The van der Waals surface area contributed by atoms with Gasteiger partial charge in [0.25, 0.3) is 0 Å². The van der Waals surface area contributed by atoms with Crippen LogP contribution in [0.2, 0.25) is 0 Å². The van der Waals surface area contributed by atoms with Crippen LogP contribution >= 0.6 is 0 Å². The van der Waals surface area contributed by atoms with Crippen LogP contribution in [0.1, 0.15) is 34.1 Å². The van der Waals surface area contributed by atoms with Crippen molar-refractivity contribution < 1.29 is 5.11 Å². The van der Waals surface area contributed by atoms with Crippen molar-refractivity contribution in [2.45, 2.75) is 17.3 Å². The van der Waals surface area contributed by atoms with Crippen molar-refractivity contribution in [1.29, 1.82) is 0 Å². The molecule has 0 aromatic heterocycles. The topological polar surface area (TPSA) is 20.2 Å². The first kappa shape index (κ1) is 9.35. The Balaban J connectivity index is 1.86. The van der Waals surface area contributed by atoms with E-state index in [2.05, 4.69) is 48.5 Å². The number of hydrogen-bond donors (Lipinski definition) is 1. The molecular formula is C17H14O. The molecule has 3 aliphatic carbocycles. The van der Waals surface area contributed by atoms with Crippen LogP contribution < -0.4 is 0 Å². The molecule has 0 saturated heterocycles. The van der Waals surface area contributed by atoms with E-state index < -0.39 is 0 Å². The van der Waals surface area contributed by atoms with E-state index in [1.807, 2.05) is 0 Å². The Labute approximate surface area is 106 Å². The largest absolute Gasteiger partial charge is 0.395 e. The first-order chi connectivity index (χ1) is 8.89. The molecule has 1 heteroatoms. The van der Waals surface area contributed by atoms with Crippen molar-refractivity contribution in [2.75, 3.05) is 6.61 Å². The maximum Gasteiger partial charge on any atom is 0.0537 e. The summed E-state index contributed by atoms with van der Waals surface area (Å²) in [5.41, 5.74) is 5.90. The van der Waals surface area contributed by atoms with E-state index in [-0.39, 0.29) is 5.41 Å². The van der Waals surface area contributed by atoms with Crippen LogP contribution in [0.15, 0.2) is 48.5 Å². The Bertz CT molecular complexity index is 675. The molecular weight excluding hydrogens is 220 g/mol. The van der Waals surface area contributed by atoms with Crippen molar-refractivity contribution in [3.8, 4) is 0 Å². The van der Waals surface area contributed by atoms with Gasteiger partial charge in [0.1, 0.15) is 0 Å². The Morgan fingerprint density at radius 1 is 0.889 bits per heavy atom. The highest BCUT2D eigenvalue weighted by Crippen LogP contribution is 2.80. The second kappa shape index (κ2) is 2.70. The summed E-state index contributed by atoms with van der Waals surface area (Å²) >= 11 is 0. The lowest BCUT2D eigenvalue weighted by atomic mass is 9.91. The van der Waals surface area contributed by atoms with Crippen molar-refractivity contribution in [1.82, 2.24) is 0 Å². The molecule has 4 atom stereocenters. The van der Waals surface area contributed by atoms with Crippen molar-refractivity contribution in [2.24, 2.45) is 5.92 Å². The second-order valence-electron chi connectivity index (χ2n) is 5.90. The minimum atomic E-state index is 0.0512. The predicted octanol–water partition coefficient (Wildman–Crippen LogP) is 2.79. The van der Waals surface area contributed by atoms with E-state index in [1.54, 1.807) is 0 Å². The lowest BCUT2D eigenvalue weighted by Gasteiger charge is -2.14. The molecule has 0 bridgehead atoms. The van der Waals surface area contributed by atoms with Crippen LogP contribution in [0.5, 0.6) is 0 Å². The average molecular weight is 234 g/mol. The zero-order valence-electron chi connectivity index (χ0n) is 10.0. The van der Waals surface area contributed by atoms with E-state index in [1.165, 1.54) is 22.3 Å². The summed E-state index contributed by atoms with van der Waals surface area (Å²) in [7, 11) is 0. The molecule has 4 unspecified atom stereocenters. The standard InChI is InChI=1S/C17H14O/c18-9-17-13-8-4-3-7-12(13)14-10-5-1-2-6-11(10)15(17)16(14)17/h1-8,14-16,18H,9H2. The Kier molecular flexibility index (Phi) is 1.40. The van der Waals surface area contributed by atoms with Crippen molar-refractivity contribution in [3.63, 3.8) is 0 Å². The molecule has 0 aliphatic heterocycles. The van der Waals surface area contributed by atoms with Gasteiger partial charge in [0, 0.05) is 17.3 Å². The summed E-state index contributed by atoms with van der Waals surface area (Å²) in [6.07, 6.45) is 0. The number of fused-ring (bicyclic) bond motifs is 7. The van der Waals surface area contributed by atoms with Crippen molar-refractivity contribution in [3.05, 3.63) is 70.8 Å². The molecule has 1 saturated carbocycles. The number of hydrogen-bond acceptors (Lipinski definition) is 1. The third-order valence-corrected chi connectivity index (χ3v) is 5.48. The quantitative estimate of drug-likeness (QED) is 0.804. The van der Waals surface area contributed by atoms with E-state index in [4.69, 9.17) is 0 Å². The van der Waals surface area contributed by atoms with E-state index in [0.29, 0.717) is 24.4 Å². The fourth-order valence-electron chi connectivity index (χ4n) is 4.89.